The zero-order valence-electron chi connectivity index (χ0n) is 20.1. The Morgan fingerprint density at radius 3 is 2.12 bits per heavy atom. The zero-order valence-corrected chi connectivity index (χ0v) is 20.1. The lowest BCUT2D eigenvalue weighted by Crippen LogP contribution is -2.60. The molecule has 12 nitrogen and oxygen atoms in total. The van der Waals surface area contributed by atoms with Crippen LogP contribution in [0.2, 0.25) is 0 Å². The summed E-state index contributed by atoms with van der Waals surface area (Å²) in [6.45, 7) is 10.3. The van der Waals surface area contributed by atoms with Crippen LogP contribution >= 0.6 is 0 Å². The Balaban J connectivity index is 2.88. The smallest absolute Gasteiger partial charge is 0.315 e. The third-order valence-electron chi connectivity index (χ3n) is 5.08. The number of rotatable bonds is 9. The van der Waals surface area contributed by atoms with Gasteiger partial charge in [-0.2, -0.15) is 0 Å². The van der Waals surface area contributed by atoms with Crippen molar-refractivity contribution in [3.05, 3.63) is 0 Å². The summed E-state index contributed by atoms with van der Waals surface area (Å²) >= 11 is 0. The minimum Gasteiger partial charge on any atom is -0.363 e. The first-order chi connectivity index (χ1) is 15.1. The fourth-order valence-electron chi connectivity index (χ4n) is 3.42. The van der Waals surface area contributed by atoms with E-state index >= 15 is 0 Å². The SMILES string of the molecule is CC(C)NC(=O)CNC(=O)NC(C(=O)N1CCCC1C(=O)NC(C)C(=O)C(N)=O)C(C)(C)C. The number of Topliss-reactive ketones (excluding diaryl/α,β-unsaturated/α-hetero) is 1. The van der Waals surface area contributed by atoms with Crippen molar-refractivity contribution in [3.63, 3.8) is 0 Å². The third kappa shape index (κ3) is 8.35. The molecule has 1 heterocycles. The van der Waals surface area contributed by atoms with Gasteiger partial charge >= 0.3 is 6.03 Å². The Kier molecular flexibility index (Phi) is 9.80. The first-order valence-electron chi connectivity index (χ1n) is 10.9. The monoisotopic (exact) mass is 468 g/mol. The number of nitrogens with two attached hydrogens (primary N) is 1. The fourth-order valence-corrected chi connectivity index (χ4v) is 3.42. The third-order valence-corrected chi connectivity index (χ3v) is 5.08. The molecule has 33 heavy (non-hydrogen) atoms. The van der Waals surface area contributed by atoms with Gasteiger partial charge in [-0.3, -0.25) is 24.0 Å². The van der Waals surface area contributed by atoms with Gasteiger partial charge in [-0.05, 0) is 39.0 Å². The summed E-state index contributed by atoms with van der Waals surface area (Å²) in [5, 5.41) is 10.1. The van der Waals surface area contributed by atoms with Crippen LogP contribution in [-0.2, 0) is 24.0 Å². The van der Waals surface area contributed by atoms with E-state index in [4.69, 9.17) is 5.73 Å². The van der Waals surface area contributed by atoms with Crippen molar-refractivity contribution in [2.75, 3.05) is 13.1 Å². The zero-order chi connectivity index (χ0) is 25.5. The molecule has 3 atom stereocenters. The second-order valence-corrected chi connectivity index (χ2v) is 9.50. The van der Waals surface area contributed by atoms with E-state index in [1.807, 2.05) is 0 Å². The molecule has 186 valence electrons. The van der Waals surface area contributed by atoms with Gasteiger partial charge < -0.3 is 31.9 Å². The number of primary amides is 1. The number of amides is 6. The molecular weight excluding hydrogens is 432 g/mol. The lowest BCUT2D eigenvalue weighted by Gasteiger charge is -2.35. The van der Waals surface area contributed by atoms with E-state index in [2.05, 4.69) is 21.3 Å². The molecule has 6 amide bonds. The van der Waals surface area contributed by atoms with Crippen molar-refractivity contribution < 1.29 is 28.8 Å². The molecule has 1 aliphatic rings. The van der Waals surface area contributed by atoms with Gasteiger partial charge in [-0.15, -0.1) is 0 Å². The van der Waals surface area contributed by atoms with Crippen LogP contribution in [0.3, 0.4) is 0 Å². The summed E-state index contributed by atoms with van der Waals surface area (Å²) in [5.74, 6) is -3.50. The fraction of sp³-hybridized carbons (Fsp3) is 0.714. The van der Waals surface area contributed by atoms with Gasteiger partial charge in [0.05, 0.1) is 12.6 Å². The molecule has 1 fully saturated rings. The molecule has 3 unspecified atom stereocenters. The molecule has 1 rings (SSSR count). The number of urea groups is 1. The molecule has 0 aromatic heterocycles. The average molecular weight is 469 g/mol. The van der Waals surface area contributed by atoms with Crippen molar-refractivity contribution in [1.82, 2.24) is 26.2 Å². The second kappa shape index (κ2) is 11.6. The molecule has 0 radical (unpaired) electrons. The highest BCUT2D eigenvalue weighted by atomic mass is 16.2. The van der Waals surface area contributed by atoms with E-state index in [-0.39, 0.29) is 18.5 Å². The predicted molar refractivity (Wildman–Crippen MR) is 120 cm³/mol. The quantitative estimate of drug-likeness (QED) is 0.264. The minimum absolute atomic E-state index is 0.0782. The van der Waals surface area contributed by atoms with Gasteiger partial charge in [0.1, 0.15) is 12.1 Å². The molecule has 1 saturated heterocycles. The molecule has 1 aliphatic heterocycles. The van der Waals surface area contributed by atoms with Crippen LogP contribution in [0.1, 0.15) is 54.4 Å². The standard InChI is InChI=1S/C21H36N6O6/c1-11(2)24-14(28)10-23-20(33)26-16(21(4,5)6)19(32)27-9-7-8-13(27)18(31)25-12(3)15(29)17(22)30/h11-13,16H,7-10H2,1-6H3,(H2,22,30)(H,24,28)(H,25,31)(H2,23,26,33). The van der Waals surface area contributed by atoms with Gasteiger partial charge in [0.2, 0.25) is 23.5 Å². The van der Waals surface area contributed by atoms with Crippen LogP contribution in [0.4, 0.5) is 4.79 Å². The van der Waals surface area contributed by atoms with Gasteiger partial charge in [-0.25, -0.2) is 4.79 Å². The maximum absolute atomic E-state index is 13.3. The topological polar surface area (TPSA) is 180 Å². The van der Waals surface area contributed by atoms with Gasteiger partial charge in [0.25, 0.3) is 5.91 Å². The van der Waals surface area contributed by atoms with Crippen LogP contribution < -0.4 is 27.0 Å². The lowest BCUT2D eigenvalue weighted by atomic mass is 9.85. The Morgan fingerprint density at radius 2 is 1.61 bits per heavy atom. The molecule has 0 bridgehead atoms. The van der Waals surface area contributed by atoms with Crippen molar-refractivity contribution >= 4 is 35.4 Å². The van der Waals surface area contributed by atoms with Gasteiger partial charge in [-0.1, -0.05) is 20.8 Å². The highest BCUT2D eigenvalue weighted by Gasteiger charge is 2.42. The molecule has 12 heteroatoms. The predicted octanol–water partition coefficient (Wildman–Crippen LogP) is -1.22. The molecule has 6 N–H and O–H groups in total. The number of likely N-dealkylation sites (tertiary alicyclic amines) is 1. The number of hydrogen-bond acceptors (Lipinski definition) is 6. The molecule has 0 aromatic rings. The summed E-state index contributed by atoms with van der Waals surface area (Å²) in [4.78, 5) is 74.3. The lowest BCUT2D eigenvalue weighted by molar-refractivity contribution is -0.143. The van der Waals surface area contributed by atoms with Crippen molar-refractivity contribution in [2.45, 2.75) is 78.6 Å². The van der Waals surface area contributed by atoms with E-state index in [1.165, 1.54) is 11.8 Å². The van der Waals surface area contributed by atoms with Gasteiger partial charge in [0.15, 0.2) is 0 Å². The summed E-state index contributed by atoms with van der Waals surface area (Å²) in [6.07, 6.45) is 0.924. The second-order valence-electron chi connectivity index (χ2n) is 9.50. The Labute approximate surface area is 193 Å². The number of carbonyl (C=O) groups excluding carboxylic acids is 6. The van der Waals surface area contributed by atoms with Gasteiger partial charge in [0, 0.05) is 12.6 Å². The van der Waals surface area contributed by atoms with E-state index < -0.39 is 53.1 Å². The summed E-state index contributed by atoms with van der Waals surface area (Å²) in [6, 6.07) is -3.73. The highest BCUT2D eigenvalue weighted by Crippen LogP contribution is 2.26. The summed E-state index contributed by atoms with van der Waals surface area (Å²) in [5.41, 5.74) is 4.27. The first-order valence-corrected chi connectivity index (χ1v) is 10.9. The van der Waals surface area contributed by atoms with Crippen LogP contribution in [0.5, 0.6) is 0 Å². The maximum Gasteiger partial charge on any atom is 0.315 e. The summed E-state index contributed by atoms with van der Waals surface area (Å²) in [7, 11) is 0. The number of nitrogens with zero attached hydrogens (tertiary/aromatic N) is 1. The van der Waals surface area contributed by atoms with Crippen LogP contribution in [0.15, 0.2) is 0 Å². The molecule has 0 saturated carbocycles. The maximum atomic E-state index is 13.3. The minimum atomic E-state index is -1.16. The molecule has 0 aromatic carbocycles. The molecule has 0 spiro atoms. The first kappa shape index (κ1) is 27.9. The van der Waals surface area contributed by atoms with E-state index in [0.29, 0.717) is 19.4 Å². The van der Waals surface area contributed by atoms with Crippen molar-refractivity contribution in [1.29, 1.82) is 0 Å². The number of carbonyl (C=O) groups is 6. The van der Waals surface area contributed by atoms with Crippen LogP contribution in [0.25, 0.3) is 0 Å². The normalized spacial score (nSPS) is 17.7. The number of nitrogens with one attached hydrogen (secondary N) is 4. The number of ketones is 1. The summed E-state index contributed by atoms with van der Waals surface area (Å²) < 4.78 is 0. The highest BCUT2D eigenvalue weighted by molar-refractivity contribution is 6.37. The molecular formula is C21H36N6O6. The van der Waals surface area contributed by atoms with Crippen molar-refractivity contribution in [3.8, 4) is 0 Å². The van der Waals surface area contributed by atoms with E-state index in [0.717, 1.165) is 0 Å². The van der Waals surface area contributed by atoms with Crippen LogP contribution in [0, 0.1) is 5.41 Å². The number of hydrogen-bond donors (Lipinski definition) is 5. The largest absolute Gasteiger partial charge is 0.363 e. The van der Waals surface area contributed by atoms with Crippen molar-refractivity contribution in [2.24, 2.45) is 11.1 Å². The van der Waals surface area contributed by atoms with E-state index in [1.54, 1.807) is 34.6 Å². The Hall–Kier alpha value is -3.18. The van der Waals surface area contributed by atoms with E-state index in [9.17, 15) is 28.8 Å². The average Bonchev–Trinajstić information content (AvgIpc) is 3.17. The molecule has 0 aliphatic carbocycles. The Bertz CT molecular complexity index is 791. The van der Waals surface area contributed by atoms with Crippen LogP contribution in [-0.4, -0.2) is 77.6 Å². The Morgan fingerprint density at radius 1 is 1.00 bits per heavy atom.